The number of ether oxygens (including phenoxy) is 4. The second kappa shape index (κ2) is 9.18. The number of esters is 1. The first kappa shape index (κ1) is 25.5. The summed E-state index contributed by atoms with van der Waals surface area (Å²) in [6.45, 7) is 4.73. The van der Waals surface area contributed by atoms with Gasteiger partial charge in [0.15, 0.2) is 30.4 Å². The van der Waals surface area contributed by atoms with Crippen molar-refractivity contribution in [2.75, 3.05) is 9.96 Å². The topological polar surface area (TPSA) is 104 Å². The van der Waals surface area contributed by atoms with E-state index in [9.17, 15) is 14.4 Å². The summed E-state index contributed by atoms with van der Waals surface area (Å²) in [7, 11) is 0. The molecule has 2 aromatic carbocycles. The Bertz CT molecular complexity index is 1310. The molecule has 10 nitrogen and oxygen atoms in total. The summed E-state index contributed by atoms with van der Waals surface area (Å²) in [4.78, 5) is 46.9. The number of anilines is 2. The molecule has 2 amide bonds. The fourth-order valence-electron chi connectivity index (χ4n) is 5.59. The zero-order valence-corrected chi connectivity index (χ0v) is 22.1. The van der Waals surface area contributed by atoms with E-state index >= 15 is 0 Å². The fourth-order valence-corrected chi connectivity index (χ4v) is 5.96. The van der Waals surface area contributed by atoms with Gasteiger partial charge in [-0.2, -0.15) is 0 Å². The van der Waals surface area contributed by atoms with Crippen LogP contribution >= 0.6 is 23.2 Å². The molecule has 0 N–H and O–H groups in total. The highest BCUT2D eigenvalue weighted by Crippen LogP contribution is 2.48. The molecule has 0 spiro atoms. The number of nitrogens with zero attached hydrogens (tertiary/aromatic N) is 2. The summed E-state index contributed by atoms with van der Waals surface area (Å²) in [5.74, 6) is -3.68. The van der Waals surface area contributed by atoms with E-state index in [0.717, 1.165) is 4.90 Å². The normalized spacial score (nSPS) is 33.6. The Balaban J connectivity index is 1.42. The Morgan fingerprint density at radius 3 is 2.45 bits per heavy atom. The summed E-state index contributed by atoms with van der Waals surface area (Å²) >= 11 is 12.5. The van der Waals surface area contributed by atoms with Crippen LogP contribution in [-0.4, -0.2) is 60.3 Å². The molecule has 6 rings (SSSR count). The van der Waals surface area contributed by atoms with Gasteiger partial charge in [-0.25, -0.2) is 9.96 Å². The number of fused-ring (bicyclic) bond motifs is 2. The number of benzene rings is 2. The van der Waals surface area contributed by atoms with Crippen molar-refractivity contribution in [1.29, 1.82) is 0 Å². The lowest BCUT2D eigenvalue weighted by Gasteiger charge is -2.35. The molecule has 0 radical (unpaired) electrons. The third kappa shape index (κ3) is 4.07. The maximum absolute atomic E-state index is 14.0. The van der Waals surface area contributed by atoms with Crippen LogP contribution in [-0.2, 0) is 38.2 Å². The van der Waals surface area contributed by atoms with Gasteiger partial charge in [-0.3, -0.25) is 19.2 Å². The number of imide groups is 1. The minimum absolute atomic E-state index is 0.159. The predicted molar refractivity (Wildman–Crippen MR) is 134 cm³/mol. The van der Waals surface area contributed by atoms with Crippen molar-refractivity contribution in [1.82, 2.24) is 0 Å². The lowest BCUT2D eigenvalue weighted by atomic mass is 9.89. The molecule has 12 heteroatoms. The number of carbonyl (C=O) groups excluding carboxylic acids is 3. The first-order valence-electron chi connectivity index (χ1n) is 12.1. The van der Waals surface area contributed by atoms with Gasteiger partial charge in [-0.15, -0.1) is 0 Å². The largest absolute Gasteiger partial charge is 0.457 e. The molecule has 7 atom stereocenters. The molecular weight excluding hydrogens is 539 g/mol. The van der Waals surface area contributed by atoms with Gasteiger partial charge in [0, 0.05) is 11.9 Å². The van der Waals surface area contributed by atoms with Gasteiger partial charge in [0.1, 0.15) is 18.1 Å². The van der Waals surface area contributed by atoms with E-state index in [1.165, 1.54) is 24.1 Å². The van der Waals surface area contributed by atoms with Crippen LogP contribution in [0.15, 0.2) is 48.5 Å². The number of para-hydroxylation sites is 1. The highest BCUT2D eigenvalue weighted by molar-refractivity contribution is 6.38. The second-order valence-electron chi connectivity index (χ2n) is 9.95. The molecule has 0 aliphatic carbocycles. The summed E-state index contributed by atoms with van der Waals surface area (Å²) in [5, 5.41) is 1.97. The van der Waals surface area contributed by atoms with Gasteiger partial charge in [0.05, 0.1) is 16.4 Å². The monoisotopic (exact) mass is 562 g/mol. The van der Waals surface area contributed by atoms with Crippen molar-refractivity contribution < 1.29 is 38.2 Å². The SMILES string of the molecule is CC(=O)O[C@@H]1[C@H]2OC(C)(C)O[C@H]2O[C@@H]1[C@@H]1[C@H]2C(=O)N(c3cc(Cl)ccc3Cl)C(=O)[C@H]2ON1c1ccccc1. The maximum Gasteiger partial charge on any atom is 0.303 e. The third-order valence-electron chi connectivity index (χ3n) is 6.99. The molecule has 0 saturated carbocycles. The summed E-state index contributed by atoms with van der Waals surface area (Å²) in [6.07, 6.45) is -4.66. The molecule has 2 aromatic rings. The highest BCUT2D eigenvalue weighted by Gasteiger charge is 2.67. The van der Waals surface area contributed by atoms with Gasteiger partial charge in [0.2, 0.25) is 5.91 Å². The first-order valence-corrected chi connectivity index (χ1v) is 12.8. The number of rotatable bonds is 4. The number of carbonyl (C=O) groups is 3. The Morgan fingerprint density at radius 2 is 1.74 bits per heavy atom. The van der Waals surface area contributed by atoms with Crippen LogP contribution in [0.5, 0.6) is 0 Å². The lowest BCUT2D eigenvalue weighted by Crippen LogP contribution is -2.53. The van der Waals surface area contributed by atoms with Crippen LogP contribution in [0.3, 0.4) is 0 Å². The van der Waals surface area contributed by atoms with Gasteiger partial charge in [0.25, 0.3) is 5.91 Å². The van der Waals surface area contributed by atoms with E-state index in [4.69, 9.17) is 47.0 Å². The van der Waals surface area contributed by atoms with E-state index in [2.05, 4.69) is 0 Å². The van der Waals surface area contributed by atoms with E-state index < -0.39 is 66.2 Å². The molecule has 38 heavy (non-hydrogen) atoms. The predicted octanol–water partition coefficient (Wildman–Crippen LogP) is 3.48. The van der Waals surface area contributed by atoms with E-state index in [-0.39, 0.29) is 10.7 Å². The molecule has 200 valence electrons. The van der Waals surface area contributed by atoms with Crippen LogP contribution in [0.1, 0.15) is 20.8 Å². The molecule has 4 heterocycles. The number of halogens is 2. The van der Waals surface area contributed by atoms with Crippen LogP contribution in [0.4, 0.5) is 11.4 Å². The van der Waals surface area contributed by atoms with Crippen molar-refractivity contribution in [2.45, 2.75) is 63.3 Å². The van der Waals surface area contributed by atoms with Crippen LogP contribution in [0.2, 0.25) is 10.0 Å². The Hall–Kier alpha value is -2.73. The van der Waals surface area contributed by atoms with Crippen molar-refractivity contribution in [3.63, 3.8) is 0 Å². The zero-order chi connectivity index (χ0) is 26.9. The average Bonchev–Trinajstić information content (AvgIpc) is 3.55. The van der Waals surface area contributed by atoms with Crippen LogP contribution in [0.25, 0.3) is 0 Å². The molecule has 4 saturated heterocycles. The Kier molecular flexibility index (Phi) is 6.17. The summed E-state index contributed by atoms with van der Waals surface area (Å²) < 4.78 is 23.9. The van der Waals surface area contributed by atoms with Crippen molar-refractivity contribution in [3.05, 3.63) is 58.6 Å². The van der Waals surface area contributed by atoms with Gasteiger partial charge in [-0.05, 0) is 44.2 Å². The smallest absolute Gasteiger partial charge is 0.303 e. The minimum atomic E-state index is -1.18. The summed E-state index contributed by atoms with van der Waals surface area (Å²) in [5.41, 5.74) is 0.746. The molecule has 0 aromatic heterocycles. The highest BCUT2D eigenvalue weighted by atomic mass is 35.5. The molecule has 4 fully saturated rings. The first-order chi connectivity index (χ1) is 18.1. The minimum Gasteiger partial charge on any atom is -0.457 e. The Labute approximate surface area is 228 Å². The molecular formula is C26H24Cl2N2O8. The molecule has 0 bridgehead atoms. The van der Waals surface area contributed by atoms with Crippen LogP contribution in [0, 0.1) is 5.92 Å². The quantitative estimate of drug-likeness (QED) is 0.409. The van der Waals surface area contributed by atoms with E-state index in [1.54, 1.807) is 44.2 Å². The van der Waals surface area contributed by atoms with Gasteiger partial charge in [-0.1, -0.05) is 41.4 Å². The molecule has 4 aliphatic rings. The lowest BCUT2D eigenvalue weighted by molar-refractivity contribution is -0.221. The zero-order valence-electron chi connectivity index (χ0n) is 20.6. The van der Waals surface area contributed by atoms with Gasteiger partial charge >= 0.3 is 5.97 Å². The number of hydrogen-bond acceptors (Lipinski definition) is 9. The van der Waals surface area contributed by atoms with Crippen molar-refractivity contribution >= 4 is 52.4 Å². The van der Waals surface area contributed by atoms with Crippen molar-refractivity contribution in [2.24, 2.45) is 5.92 Å². The molecule has 0 unspecified atom stereocenters. The van der Waals surface area contributed by atoms with Crippen LogP contribution < -0.4 is 9.96 Å². The molecule has 4 aliphatic heterocycles. The fraction of sp³-hybridized carbons (Fsp3) is 0.423. The van der Waals surface area contributed by atoms with Gasteiger partial charge < -0.3 is 18.9 Å². The van der Waals surface area contributed by atoms with Crippen molar-refractivity contribution in [3.8, 4) is 0 Å². The number of hydroxylamine groups is 1. The standard InChI is InChI=1S/C26H24Cl2N2O8/c1-12(31)34-21-20(35-25-22(21)36-26(2,3)37-25)18-17-19(38-30(18)14-7-5-4-6-8-14)24(33)29(23(17)32)16-11-13(27)9-10-15(16)28/h4-11,17-22,25H,1-3H3/t17-,18+,19+,20-,21+,22-,25-/m1/s1. The number of amides is 2. The third-order valence-corrected chi connectivity index (χ3v) is 7.54. The average molecular weight is 563 g/mol. The van der Waals surface area contributed by atoms with E-state index in [0.29, 0.717) is 10.7 Å². The van der Waals surface area contributed by atoms with E-state index in [1.807, 2.05) is 6.07 Å². The Morgan fingerprint density at radius 1 is 1.00 bits per heavy atom. The number of hydrogen-bond donors (Lipinski definition) is 0. The summed E-state index contributed by atoms with van der Waals surface area (Å²) in [6, 6.07) is 12.6. The second-order valence-corrected chi connectivity index (χ2v) is 10.8. The maximum atomic E-state index is 14.0.